The summed E-state index contributed by atoms with van der Waals surface area (Å²) in [4.78, 5) is 34.6. The van der Waals surface area contributed by atoms with Gasteiger partial charge in [0.15, 0.2) is 0 Å². The second kappa shape index (κ2) is 9.54. The van der Waals surface area contributed by atoms with Crippen LogP contribution in [0.5, 0.6) is 0 Å². The number of carbonyl (C=O) groups is 1. The van der Waals surface area contributed by atoms with E-state index < -0.39 is 0 Å². The fourth-order valence-electron chi connectivity index (χ4n) is 3.34. The third-order valence-corrected chi connectivity index (χ3v) is 7.86. The number of thioether (sulfide) groups is 1. The lowest BCUT2D eigenvalue weighted by atomic mass is 10.0. The summed E-state index contributed by atoms with van der Waals surface area (Å²) in [6.07, 6.45) is 1.56. The van der Waals surface area contributed by atoms with Crippen LogP contribution in [0.1, 0.15) is 48.2 Å². The highest BCUT2D eigenvalue weighted by molar-refractivity contribution is 7.99. The lowest BCUT2D eigenvalue weighted by molar-refractivity contribution is -0.115. The third kappa shape index (κ3) is 4.58. The first-order valence-corrected chi connectivity index (χ1v) is 12.2. The number of aryl methyl sites for hydroxylation is 3. The second-order valence-electron chi connectivity index (χ2n) is 7.19. The molecule has 1 aromatic carbocycles. The summed E-state index contributed by atoms with van der Waals surface area (Å²) in [5, 5.41) is 4.09. The minimum atomic E-state index is -0.314. The average molecular weight is 464 g/mol. The van der Waals surface area contributed by atoms with Crippen molar-refractivity contribution in [2.24, 2.45) is 0 Å². The van der Waals surface area contributed by atoms with Crippen molar-refractivity contribution in [3.8, 4) is 0 Å². The van der Waals surface area contributed by atoms with Gasteiger partial charge in [0.2, 0.25) is 5.91 Å². The fraction of sp³-hybridized carbons (Fsp3) is 0.409. The minimum Gasteiger partial charge on any atom is -0.325 e. The number of hydrogen-bond acceptors (Lipinski definition) is 5. The van der Waals surface area contributed by atoms with Crippen molar-refractivity contribution in [2.75, 3.05) is 5.32 Å². The number of anilines is 1. The first kappa shape index (κ1) is 22.8. The SMILES string of the molecule is CCc1ccc(Cl)c(CC)c1NC(=O)C(C)SCc1nc2sc(C)c(C)c2c(=O)[nH]1. The molecule has 0 aliphatic rings. The molecule has 2 aromatic heterocycles. The van der Waals surface area contributed by atoms with E-state index in [1.54, 1.807) is 0 Å². The van der Waals surface area contributed by atoms with Crippen LogP contribution in [0.3, 0.4) is 0 Å². The maximum absolute atomic E-state index is 12.8. The smallest absolute Gasteiger partial charge is 0.259 e. The van der Waals surface area contributed by atoms with Crippen molar-refractivity contribution in [2.45, 2.75) is 58.5 Å². The molecule has 1 unspecified atom stereocenters. The molecule has 0 bridgehead atoms. The summed E-state index contributed by atoms with van der Waals surface area (Å²) in [5.41, 5.74) is 3.72. The highest BCUT2D eigenvalue weighted by Crippen LogP contribution is 2.31. The molecule has 160 valence electrons. The zero-order valence-corrected chi connectivity index (χ0v) is 20.2. The topological polar surface area (TPSA) is 74.8 Å². The number of fused-ring (bicyclic) bond motifs is 1. The molecule has 0 spiro atoms. The van der Waals surface area contributed by atoms with Crippen LogP contribution in [0.4, 0.5) is 5.69 Å². The van der Waals surface area contributed by atoms with Crippen molar-refractivity contribution < 1.29 is 4.79 Å². The van der Waals surface area contributed by atoms with Gasteiger partial charge in [0.05, 0.1) is 16.4 Å². The lowest BCUT2D eigenvalue weighted by Gasteiger charge is -2.18. The summed E-state index contributed by atoms with van der Waals surface area (Å²) in [6.45, 7) is 9.88. The molecule has 0 fully saturated rings. The van der Waals surface area contributed by atoms with E-state index in [0.29, 0.717) is 22.0 Å². The van der Waals surface area contributed by atoms with Crippen molar-refractivity contribution in [3.63, 3.8) is 0 Å². The molecule has 8 heteroatoms. The minimum absolute atomic E-state index is 0.0853. The van der Waals surface area contributed by atoms with E-state index in [2.05, 4.69) is 22.2 Å². The predicted octanol–water partition coefficient (Wildman–Crippen LogP) is 5.64. The Morgan fingerprint density at radius 2 is 2.03 bits per heavy atom. The summed E-state index contributed by atoms with van der Waals surface area (Å²) >= 11 is 9.31. The van der Waals surface area contributed by atoms with Gasteiger partial charge in [0.1, 0.15) is 10.7 Å². The van der Waals surface area contributed by atoms with Gasteiger partial charge >= 0.3 is 0 Å². The van der Waals surface area contributed by atoms with Gasteiger partial charge in [-0.15, -0.1) is 23.1 Å². The molecular weight excluding hydrogens is 438 g/mol. The normalized spacial score (nSPS) is 12.3. The molecule has 3 rings (SSSR count). The Hall–Kier alpha value is -1.83. The first-order valence-electron chi connectivity index (χ1n) is 9.98. The molecule has 2 N–H and O–H groups in total. The number of nitrogens with zero attached hydrogens (tertiary/aromatic N) is 1. The Kier molecular flexibility index (Phi) is 7.26. The summed E-state index contributed by atoms with van der Waals surface area (Å²) < 4.78 is 0. The molecule has 0 saturated carbocycles. The number of hydrogen-bond donors (Lipinski definition) is 2. The van der Waals surface area contributed by atoms with E-state index in [1.807, 2.05) is 39.8 Å². The zero-order valence-electron chi connectivity index (χ0n) is 17.8. The van der Waals surface area contributed by atoms with Crippen molar-refractivity contribution in [1.82, 2.24) is 9.97 Å². The number of nitrogens with one attached hydrogen (secondary N) is 2. The number of amides is 1. The molecule has 30 heavy (non-hydrogen) atoms. The molecule has 1 atom stereocenters. The Bertz CT molecular complexity index is 1150. The van der Waals surface area contributed by atoms with Crippen LogP contribution in [0.25, 0.3) is 10.2 Å². The Balaban J connectivity index is 1.74. The van der Waals surface area contributed by atoms with E-state index in [1.165, 1.54) is 23.1 Å². The fourth-order valence-corrected chi connectivity index (χ4v) is 5.43. The molecule has 0 aliphatic heterocycles. The molecule has 5 nitrogen and oxygen atoms in total. The van der Waals surface area contributed by atoms with E-state index in [-0.39, 0.29) is 16.7 Å². The quantitative estimate of drug-likeness (QED) is 0.475. The maximum atomic E-state index is 12.8. The highest BCUT2D eigenvalue weighted by atomic mass is 35.5. The van der Waals surface area contributed by atoms with E-state index in [9.17, 15) is 9.59 Å². The van der Waals surface area contributed by atoms with Gasteiger partial charge in [-0.2, -0.15) is 0 Å². The molecule has 2 heterocycles. The largest absolute Gasteiger partial charge is 0.325 e. The number of halogens is 1. The predicted molar refractivity (Wildman–Crippen MR) is 129 cm³/mol. The van der Waals surface area contributed by atoms with Crippen LogP contribution in [-0.2, 0) is 23.4 Å². The van der Waals surface area contributed by atoms with Gasteiger partial charge in [0, 0.05) is 15.6 Å². The van der Waals surface area contributed by atoms with Crippen LogP contribution >= 0.6 is 34.7 Å². The standard InChI is InChI=1S/C22H26ClN3O2S2/c1-6-14-8-9-16(23)15(7-2)19(14)26-20(27)13(5)29-10-17-24-21(28)18-11(3)12(4)30-22(18)25-17/h8-9,13H,6-7,10H2,1-5H3,(H,26,27)(H,24,25,28). The molecular formula is C22H26ClN3O2S2. The van der Waals surface area contributed by atoms with Crippen molar-refractivity contribution in [3.05, 3.63) is 54.9 Å². The Morgan fingerprint density at radius 1 is 1.30 bits per heavy atom. The summed E-state index contributed by atoms with van der Waals surface area (Å²) in [6, 6.07) is 3.85. The molecule has 0 radical (unpaired) electrons. The number of carbonyl (C=O) groups excluding carboxylic acids is 1. The van der Waals surface area contributed by atoms with Gasteiger partial charge in [-0.1, -0.05) is 31.5 Å². The maximum Gasteiger partial charge on any atom is 0.259 e. The van der Waals surface area contributed by atoms with Gasteiger partial charge in [-0.25, -0.2) is 4.98 Å². The van der Waals surface area contributed by atoms with Gasteiger partial charge in [-0.05, 0) is 56.4 Å². The number of benzene rings is 1. The Morgan fingerprint density at radius 3 is 2.70 bits per heavy atom. The van der Waals surface area contributed by atoms with Crippen LogP contribution in [0, 0.1) is 13.8 Å². The summed E-state index contributed by atoms with van der Waals surface area (Å²) in [5.74, 6) is 0.953. The van der Waals surface area contributed by atoms with Crippen LogP contribution < -0.4 is 10.9 Å². The second-order valence-corrected chi connectivity index (χ2v) is 10.1. The van der Waals surface area contributed by atoms with Crippen LogP contribution in [0.15, 0.2) is 16.9 Å². The van der Waals surface area contributed by atoms with Crippen LogP contribution in [-0.4, -0.2) is 21.1 Å². The van der Waals surface area contributed by atoms with Gasteiger partial charge in [0.25, 0.3) is 5.56 Å². The summed E-state index contributed by atoms with van der Waals surface area (Å²) in [7, 11) is 0. The van der Waals surface area contributed by atoms with Crippen molar-refractivity contribution >= 4 is 56.5 Å². The van der Waals surface area contributed by atoms with E-state index >= 15 is 0 Å². The van der Waals surface area contributed by atoms with E-state index in [4.69, 9.17) is 11.6 Å². The molecule has 0 saturated heterocycles. The molecule has 3 aromatic rings. The molecule has 0 aliphatic carbocycles. The van der Waals surface area contributed by atoms with E-state index in [0.717, 1.165) is 44.9 Å². The number of aromatic amines is 1. The zero-order chi connectivity index (χ0) is 22.0. The number of rotatable bonds is 7. The van der Waals surface area contributed by atoms with Gasteiger partial charge < -0.3 is 10.3 Å². The van der Waals surface area contributed by atoms with Gasteiger partial charge in [-0.3, -0.25) is 9.59 Å². The highest BCUT2D eigenvalue weighted by Gasteiger charge is 2.19. The lowest BCUT2D eigenvalue weighted by Crippen LogP contribution is -2.24. The monoisotopic (exact) mass is 463 g/mol. The first-order chi connectivity index (χ1) is 14.3. The van der Waals surface area contributed by atoms with Crippen LogP contribution in [0.2, 0.25) is 5.02 Å². The number of aromatic nitrogens is 2. The third-order valence-electron chi connectivity index (χ3n) is 5.25. The number of thiophene rings is 1. The average Bonchev–Trinajstić information content (AvgIpc) is 3.00. The number of H-pyrrole nitrogens is 1. The molecule has 1 amide bonds. The van der Waals surface area contributed by atoms with Crippen molar-refractivity contribution in [1.29, 1.82) is 0 Å². The Labute approximate surface area is 189 Å².